The average molecular weight is 375 g/mol. The summed E-state index contributed by atoms with van der Waals surface area (Å²) >= 11 is 7.05. The lowest BCUT2D eigenvalue weighted by Gasteiger charge is -2.09. The molecule has 2 aromatic carbocycles. The van der Waals surface area contributed by atoms with Gasteiger partial charge in [-0.2, -0.15) is 0 Å². The molecule has 126 valence electrons. The molecule has 0 aliphatic carbocycles. The van der Waals surface area contributed by atoms with E-state index >= 15 is 0 Å². The van der Waals surface area contributed by atoms with Crippen LogP contribution >= 0.6 is 23.4 Å². The molecule has 9 heteroatoms. The summed E-state index contributed by atoms with van der Waals surface area (Å²) in [5.74, 6) is -0.857. The molecule has 1 aliphatic heterocycles. The van der Waals surface area contributed by atoms with E-state index in [9.17, 15) is 20.0 Å². The zero-order chi connectivity index (χ0) is 18.0. The van der Waals surface area contributed by atoms with Crippen LogP contribution in [0.25, 0.3) is 6.08 Å². The first-order valence-corrected chi connectivity index (χ1v) is 8.13. The lowest BCUT2D eigenvalue weighted by molar-refractivity contribution is -0.385. The molecule has 1 saturated heterocycles. The second kappa shape index (κ2) is 6.96. The third kappa shape index (κ3) is 3.81. The number of nitrogens with one attached hydrogen (secondary N) is 1. The smallest absolute Gasteiger partial charge is 0.269 e. The van der Waals surface area contributed by atoms with E-state index < -0.39 is 16.6 Å². The maximum atomic E-state index is 12.0. The maximum absolute atomic E-state index is 12.0. The predicted octanol–water partition coefficient (Wildman–Crippen LogP) is 3.21. The van der Waals surface area contributed by atoms with Crippen molar-refractivity contribution in [2.75, 3.05) is 0 Å². The minimum absolute atomic E-state index is 0.0610. The molecule has 0 radical (unpaired) electrons. The predicted molar refractivity (Wildman–Crippen MR) is 94.8 cm³/mol. The summed E-state index contributed by atoms with van der Waals surface area (Å²) in [6, 6.07) is 10.2. The largest absolute Gasteiger partial charge is 0.872 e. The number of non-ortho nitro benzene ring substituents is 1. The quantitative estimate of drug-likeness (QED) is 0.504. The number of carbonyl (C=O) groups is 1. The van der Waals surface area contributed by atoms with Crippen LogP contribution in [0.15, 0.2) is 52.4 Å². The lowest BCUT2D eigenvalue weighted by atomic mass is 10.1. The molecule has 2 aromatic rings. The number of para-hydroxylation sites is 1. The van der Waals surface area contributed by atoms with E-state index in [0.29, 0.717) is 15.9 Å². The molecular formula is C16H9ClN3O4S-. The van der Waals surface area contributed by atoms with Gasteiger partial charge in [0.25, 0.3) is 11.6 Å². The second-order valence-corrected chi connectivity index (χ2v) is 6.35. The topological polar surface area (TPSA) is 108 Å². The summed E-state index contributed by atoms with van der Waals surface area (Å²) in [6.45, 7) is 0. The van der Waals surface area contributed by atoms with Crippen molar-refractivity contribution >= 4 is 51.9 Å². The SMILES string of the molecule is O=C1NC(=Nc2ccccc2Cl)S/C1=C\c1cc([N+](=O)[O-])ccc1[O-]. The number of hydrogen-bond donors (Lipinski definition) is 1. The number of nitro benzene ring substituents is 1. The third-order valence-corrected chi connectivity index (χ3v) is 4.45. The Morgan fingerprint density at radius 2 is 2.00 bits per heavy atom. The van der Waals surface area contributed by atoms with Crippen molar-refractivity contribution in [3.8, 4) is 5.75 Å². The number of nitrogens with zero attached hydrogens (tertiary/aromatic N) is 2. The first-order chi connectivity index (χ1) is 11.9. The number of amidine groups is 1. The Labute approximate surface area is 151 Å². The second-order valence-electron chi connectivity index (χ2n) is 4.91. The number of benzene rings is 2. The maximum Gasteiger partial charge on any atom is 0.269 e. The zero-order valence-electron chi connectivity index (χ0n) is 12.4. The fraction of sp³-hybridized carbons (Fsp3) is 0. The van der Waals surface area contributed by atoms with Crippen LogP contribution in [0, 0.1) is 10.1 Å². The van der Waals surface area contributed by atoms with Crippen molar-refractivity contribution in [2.45, 2.75) is 0 Å². The summed E-state index contributed by atoms with van der Waals surface area (Å²) in [7, 11) is 0. The van der Waals surface area contributed by atoms with Crippen LogP contribution in [0.1, 0.15) is 5.56 Å². The third-order valence-electron chi connectivity index (χ3n) is 3.22. The summed E-state index contributed by atoms with van der Waals surface area (Å²) in [5, 5.41) is 26.0. The van der Waals surface area contributed by atoms with Gasteiger partial charge in [-0.15, -0.1) is 5.75 Å². The van der Waals surface area contributed by atoms with Crippen LogP contribution < -0.4 is 10.4 Å². The highest BCUT2D eigenvalue weighted by Gasteiger charge is 2.24. The molecule has 7 nitrogen and oxygen atoms in total. The van der Waals surface area contributed by atoms with Gasteiger partial charge in [0.2, 0.25) is 0 Å². The number of halogens is 1. The zero-order valence-corrected chi connectivity index (χ0v) is 14.0. The number of carbonyl (C=O) groups excluding carboxylic acids is 1. The number of rotatable bonds is 3. The number of nitro groups is 1. The van der Waals surface area contributed by atoms with E-state index in [4.69, 9.17) is 11.6 Å². The Morgan fingerprint density at radius 1 is 1.24 bits per heavy atom. The van der Waals surface area contributed by atoms with Gasteiger partial charge in [-0.1, -0.05) is 29.8 Å². The number of amides is 1. The van der Waals surface area contributed by atoms with Gasteiger partial charge >= 0.3 is 0 Å². The molecule has 0 spiro atoms. The van der Waals surface area contributed by atoms with Gasteiger partial charge in [0.05, 0.1) is 20.5 Å². The number of thioether (sulfide) groups is 1. The molecule has 1 heterocycles. The van der Waals surface area contributed by atoms with E-state index in [1.54, 1.807) is 24.3 Å². The molecule has 25 heavy (non-hydrogen) atoms. The van der Waals surface area contributed by atoms with Crippen LogP contribution in [-0.4, -0.2) is 16.0 Å². The van der Waals surface area contributed by atoms with Crippen molar-refractivity contribution in [2.24, 2.45) is 4.99 Å². The molecule has 0 bridgehead atoms. The van der Waals surface area contributed by atoms with E-state index in [0.717, 1.165) is 30.0 Å². The van der Waals surface area contributed by atoms with Gasteiger partial charge in [-0.3, -0.25) is 14.9 Å². The molecule has 0 unspecified atom stereocenters. The molecule has 3 rings (SSSR count). The fourth-order valence-corrected chi connectivity index (χ4v) is 3.04. The highest BCUT2D eigenvalue weighted by molar-refractivity contribution is 8.18. The van der Waals surface area contributed by atoms with Crippen molar-refractivity contribution in [1.82, 2.24) is 5.32 Å². The Hall–Kier alpha value is -2.84. The molecule has 1 fully saturated rings. The van der Waals surface area contributed by atoms with Crippen molar-refractivity contribution in [3.05, 3.63) is 68.1 Å². The lowest BCUT2D eigenvalue weighted by Crippen LogP contribution is -2.19. The molecule has 1 aliphatic rings. The van der Waals surface area contributed by atoms with Crippen LogP contribution in [0.5, 0.6) is 5.75 Å². The van der Waals surface area contributed by atoms with E-state index in [1.807, 2.05) is 0 Å². The molecular weight excluding hydrogens is 366 g/mol. The van der Waals surface area contributed by atoms with E-state index in [1.165, 1.54) is 6.08 Å². The normalized spacial score (nSPS) is 17.1. The Kier molecular flexibility index (Phi) is 4.73. The van der Waals surface area contributed by atoms with Crippen LogP contribution in [0.3, 0.4) is 0 Å². The van der Waals surface area contributed by atoms with Crippen molar-refractivity contribution in [1.29, 1.82) is 0 Å². The van der Waals surface area contributed by atoms with Gasteiger partial charge in [-0.25, -0.2) is 4.99 Å². The van der Waals surface area contributed by atoms with Gasteiger partial charge in [0.1, 0.15) is 0 Å². The fourth-order valence-electron chi connectivity index (χ4n) is 2.04. The Balaban J connectivity index is 1.91. The summed E-state index contributed by atoms with van der Waals surface area (Å²) in [5.41, 5.74) is 0.332. The van der Waals surface area contributed by atoms with Crippen LogP contribution in [-0.2, 0) is 4.79 Å². The number of aliphatic imine (C=N–C) groups is 1. The first kappa shape index (κ1) is 17.0. The van der Waals surface area contributed by atoms with Crippen LogP contribution in [0.4, 0.5) is 11.4 Å². The van der Waals surface area contributed by atoms with E-state index in [-0.39, 0.29) is 16.2 Å². The molecule has 1 N–H and O–H groups in total. The van der Waals surface area contributed by atoms with E-state index in [2.05, 4.69) is 10.3 Å². The highest BCUT2D eigenvalue weighted by Crippen LogP contribution is 2.32. The molecule has 0 saturated carbocycles. The number of hydrogen-bond acceptors (Lipinski definition) is 6. The average Bonchev–Trinajstić information content (AvgIpc) is 2.91. The van der Waals surface area contributed by atoms with Crippen LogP contribution in [0.2, 0.25) is 5.02 Å². The molecule has 0 aromatic heterocycles. The highest BCUT2D eigenvalue weighted by atomic mass is 35.5. The molecule has 0 atom stereocenters. The van der Waals surface area contributed by atoms with Gasteiger partial charge in [-0.05, 0) is 35.5 Å². The Morgan fingerprint density at radius 3 is 2.72 bits per heavy atom. The summed E-state index contributed by atoms with van der Waals surface area (Å²) in [6.07, 6.45) is 1.31. The van der Waals surface area contributed by atoms with Gasteiger partial charge < -0.3 is 10.4 Å². The minimum Gasteiger partial charge on any atom is -0.872 e. The van der Waals surface area contributed by atoms with Gasteiger partial charge in [0, 0.05) is 12.1 Å². The van der Waals surface area contributed by atoms with Gasteiger partial charge in [0.15, 0.2) is 5.17 Å². The van der Waals surface area contributed by atoms with Crippen molar-refractivity contribution in [3.63, 3.8) is 0 Å². The minimum atomic E-state index is -0.604. The first-order valence-electron chi connectivity index (χ1n) is 6.93. The van der Waals surface area contributed by atoms with Crippen molar-refractivity contribution < 1.29 is 14.8 Å². The standard InChI is InChI=1S/C16H10ClN3O4S/c17-11-3-1-2-4-12(11)18-16-19-15(22)14(25-16)8-9-7-10(20(23)24)5-6-13(9)21/h1-8,21H,(H,18,19,22)/p-1/b14-8-. The molecule has 1 amide bonds. The summed E-state index contributed by atoms with van der Waals surface area (Å²) in [4.78, 5) is 26.7. The Bertz CT molecular complexity index is 943. The summed E-state index contributed by atoms with van der Waals surface area (Å²) < 4.78 is 0. The monoisotopic (exact) mass is 374 g/mol.